The van der Waals surface area contributed by atoms with E-state index in [0.717, 1.165) is 51.9 Å². The van der Waals surface area contributed by atoms with E-state index in [4.69, 9.17) is 10.6 Å². The highest BCUT2D eigenvalue weighted by atomic mass is 16.7. The molecule has 4 rings (SSSR count). The van der Waals surface area contributed by atoms with Gasteiger partial charge in [-0.05, 0) is 70.5 Å². The van der Waals surface area contributed by atoms with Crippen LogP contribution in [0.25, 0.3) is 0 Å². The Hall–Kier alpha value is -0.770. The number of carbonyl (C=O) groups excluding carboxylic acids is 1. The van der Waals surface area contributed by atoms with Crippen molar-refractivity contribution in [2.45, 2.75) is 76.5 Å². The quantitative estimate of drug-likeness (QED) is 0.510. The maximum Gasteiger partial charge on any atom is 0.220 e. The number of nitrogens with one attached hydrogen (secondary N) is 3. The molecule has 5 atom stereocenters. The van der Waals surface area contributed by atoms with E-state index in [1.807, 2.05) is 0 Å². The minimum Gasteiger partial charge on any atom is -0.369 e. The molecule has 0 saturated carbocycles. The van der Waals surface area contributed by atoms with Gasteiger partial charge in [-0.15, -0.1) is 0 Å². The number of rotatable bonds is 6. The fraction of sp³-hybridized carbons (Fsp3) is 0.950. The smallest absolute Gasteiger partial charge is 0.220 e. The summed E-state index contributed by atoms with van der Waals surface area (Å²) in [5.41, 5.74) is 8.80. The molecule has 5 N–H and O–H groups in total. The van der Waals surface area contributed by atoms with Crippen molar-refractivity contribution in [2.24, 2.45) is 17.6 Å². The van der Waals surface area contributed by atoms with Crippen LogP contribution in [0.2, 0.25) is 0 Å². The standard InChI is InChI=1S/C20H38N6O2/c1-2-9-25-10-3-4-16(25)20-23-19(24-28-20)15-5-8-22-17(13-15)26-11-6-14(7-12-26)18(21)27/h14-17,19-20,22-24H,2-13H2,1H3,(H2,21,27)/t15?,16-,17?,19?,20?/m0/s1. The second kappa shape index (κ2) is 9.36. The van der Waals surface area contributed by atoms with Crippen molar-refractivity contribution in [2.75, 3.05) is 32.7 Å². The van der Waals surface area contributed by atoms with Gasteiger partial charge in [-0.2, -0.15) is 5.48 Å². The highest BCUT2D eigenvalue weighted by Crippen LogP contribution is 2.28. The molecule has 4 aliphatic rings. The van der Waals surface area contributed by atoms with Crippen molar-refractivity contribution in [3.63, 3.8) is 0 Å². The van der Waals surface area contributed by atoms with E-state index < -0.39 is 0 Å². The normalized spacial score (nSPS) is 38.8. The van der Waals surface area contributed by atoms with Crippen molar-refractivity contribution in [1.29, 1.82) is 0 Å². The zero-order chi connectivity index (χ0) is 19.5. The van der Waals surface area contributed by atoms with Crippen LogP contribution >= 0.6 is 0 Å². The third-order valence-corrected chi connectivity index (χ3v) is 7.21. The van der Waals surface area contributed by atoms with E-state index >= 15 is 0 Å². The number of primary amides is 1. The van der Waals surface area contributed by atoms with Crippen LogP contribution in [-0.4, -0.2) is 73.0 Å². The molecule has 0 aromatic carbocycles. The Morgan fingerprint density at radius 1 is 1.18 bits per heavy atom. The molecule has 4 heterocycles. The van der Waals surface area contributed by atoms with Crippen LogP contribution in [-0.2, 0) is 9.63 Å². The number of likely N-dealkylation sites (tertiary alicyclic amines) is 2. The first kappa shape index (κ1) is 20.5. The molecule has 0 spiro atoms. The molecule has 0 bridgehead atoms. The first-order valence-corrected chi connectivity index (χ1v) is 11.3. The Morgan fingerprint density at radius 3 is 2.75 bits per heavy atom. The molecule has 28 heavy (non-hydrogen) atoms. The van der Waals surface area contributed by atoms with Crippen molar-refractivity contribution in [3.8, 4) is 0 Å². The van der Waals surface area contributed by atoms with E-state index in [2.05, 4.69) is 32.8 Å². The summed E-state index contributed by atoms with van der Waals surface area (Å²) in [6.45, 7) is 7.55. The van der Waals surface area contributed by atoms with Crippen molar-refractivity contribution < 1.29 is 9.63 Å². The number of amides is 1. The molecule has 4 unspecified atom stereocenters. The minimum atomic E-state index is -0.138. The fourth-order valence-corrected chi connectivity index (χ4v) is 5.57. The molecular formula is C20H38N6O2. The molecule has 4 aliphatic heterocycles. The monoisotopic (exact) mass is 394 g/mol. The average Bonchev–Trinajstić information content (AvgIpc) is 3.38. The first-order valence-electron chi connectivity index (χ1n) is 11.3. The molecule has 160 valence electrons. The summed E-state index contributed by atoms with van der Waals surface area (Å²) >= 11 is 0. The van der Waals surface area contributed by atoms with Gasteiger partial charge < -0.3 is 11.1 Å². The van der Waals surface area contributed by atoms with Gasteiger partial charge in [0.1, 0.15) is 6.23 Å². The van der Waals surface area contributed by atoms with Crippen LogP contribution in [0.3, 0.4) is 0 Å². The zero-order valence-corrected chi connectivity index (χ0v) is 17.2. The van der Waals surface area contributed by atoms with Gasteiger partial charge in [0.25, 0.3) is 0 Å². The van der Waals surface area contributed by atoms with Crippen molar-refractivity contribution in [3.05, 3.63) is 0 Å². The number of hydrogen-bond acceptors (Lipinski definition) is 7. The predicted molar refractivity (Wildman–Crippen MR) is 108 cm³/mol. The maximum absolute atomic E-state index is 11.4. The summed E-state index contributed by atoms with van der Waals surface area (Å²) in [7, 11) is 0. The Morgan fingerprint density at radius 2 is 2.00 bits per heavy atom. The molecule has 1 amide bonds. The van der Waals surface area contributed by atoms with E-state index in [1.165, 1.54) is 25.8 Å². The lowest BCUT2D eigenvalue weighted by Gasteiger charge is -2.42. The SMILES string of the molecule is CCCN1CCC[C@H]1C1NC(C2CCNC(N3CCC(C(N)=O)CC3)C2)NO1. The Kier molecular flexibility index (Phi) is 6.85. The highest BCUT2D eigenvalue weighted by molar-refractivity contribution is 5.76. The lowest BCUT2D eigenvalue weighted by molar-refractivity contribution is -0.123. The highest BCUT2D eigenvalue weighted by Gasteiger charge is 2.41. The van der Waals surface area contributed by atoms with Crippen LogP contribution in [0.4, 0.5) is 0 Å². The first-order chi connectivity index (χ1) is 13.7. The Bertz CT molecular complexity index is 527. The van der Waals surface area contributed by atoms with E-state index in [0.29, 0.717) is 18.1 Å². The van der Waals surface area contributed by atoms with Crippen LogP contribution in [0.5, 0.6) is 0 Å². The summed E-state index contributed by atoms with van der Waals surface area (Å²) in [5.74, 6) is 0.465. The average molecular weight is 395 g/mol. The molecule has 0 aromatic rings. The van der Waals surface area contributed by atoms with Crippen LogP contribution in [0, 0.1) is 11.8 Å². The topological polar surface area (TPSA) is 94.9 Å². The summed E-state index contributed by atoms with van der Waals surface area (Å²) in [6.07, 6.45) is 8.42. The zero-order valence-electron chi connectivity index (χ0n) is 17.2. The summed E-state index contributed by atoms with van der Waals surface area (Å²) < 4.78 is 0. The summed E-state index contributed by atoms with van der Waals surface area (Å²) in [4.78, 5) is 22.5. The lowest BCUT2D eigenvalue weighted by Crippen LogP contribution is -2.56. The van der Waals surface area contributed by atoms with Gasteiger partial charge in [0.05, 0.1) is 18.4 Å². The van der Waals surface area contributed by atoms with E-state index in [-0.39, 0.29) is 24.2 Å². The van der Waals surface area contributed by atoms with E-state index in [9.17, 15) is 4.79 Å². The van der Waals surface area contributed by atoms with Gasteiger partial charge in [0.2, 0.25) is 5.91 Å². The summed E-state index contributed by atoms with van der Waals surface area (Å²) in [5, 5.41) is 7.44. The number of nitrogens with two attached hydrogens (primary N) is 1. The van der Waals surface area contributed by atoms with Gasteiger partial charge in [-0.25, -0.2) is 0 Å². The summed E-state index contributed by atoms with van der Waals surface area (Å²) in [6, 6.07) is 0.489. The molecule has 4 fully saturated rings. The molecule has 0 radical (unpaired) electrons. The number of piperidine rings is 2. The van der Waals surface area contributed by atoms with Crippen molar-refractivity contribution >= 4 is 5.91 Å². The van der Waals surface area contributed by atoms with Gasteiger partial charge in [0, 0.05) is 19.0 Å². The van der Waals surface area contributed by atoms with Gasteiger partial charge in [-0.3, -0.25) is 24.7 Å². The number of hydrogen-bond donors (Lipinski definition) is 4. The van der Waals surface area contributed by atoms with E-state index in [1.54, 1.807) is 0 Å². The second-order valence-corrected chi connectivity index (χ2v) is 9.01. The minimum absolute atomic E-state index is 0.0560. The Balaban J connectivity index is 1.28. The van der Waals surface area contributed by atoms with Gasteiger partial charge in [-0.1, -0.05) is 6.92 Å². The molecule has 4 saturated heterocycles. The molecular weight excluding hydrogens is 356 g/mol. The maximum atomic E-state index is 11.4. The lowest BCUT2D eigenvalue weighted by atomic mass is 9.90. The van der Waals surface area contributed by atoms with Crippen LogP contribution in [0.15, 0.2) is 0 Å². The third kappa shape index (κ3) is 4.52. The van der Waals surface area contributed by atoms with Gasteiger partial charge >= 0.3 is 0 Å². The van der Waals surface area contributed by atoms with Gasteiger partial charge in [0.15, 0.2) is 0 Å². The third-order valence-electron chi connectivity index (χ3n) is 7.21. The molecule has 8 nitrogen and oxygen atoms in total. The fourth-order valence-electron chi connectivity index (χ4n) is 5.57. The number of hydroxylamine groups is 1. The number of carbonyl (C=O) groups is 1. The molecule has 0 aliphatic carbocycles. The molecule has 0 aromatic heterocycles. The Labute approximate surface area is 168 Å². The van der Waals surface area contributed by atoms with Crippen LogP contribution < -0.4 is 21.8 Å². The number of nitrogens with zero attached hydrogens (tertiary/aromatic N) is 2. The van der Waals surface area contributed by atoms with Crippen LogP contribution in [0.1, 0.15) is 51.9 Å². The molecule has 8 heteroatoms. The van der Waals surface area contributed by atoms with Crippen molar-refractivity contribution in [1.82, 2.24) is 25.9 Å². The predicted octanol–water partition coefficient (Wildman–Crippen LogP) is 0.160. The largest absolute Gasteiger partial charge is 0.369 e. The second-order valence-electron chi connectivity index (χ2n) is 9.01.